The van der Waals surface area contributed by atoms with E-state index in [1.54, 1.807) is 6.26 Å². The molecule has 3 rings (SSSR count). The predicted molar refractivity (Wildman–Crippen MR) is 82.1 cm³/mol. The molecule has 3 heteroatoms. The van der Waals surface area contributed by atoms with Gasteiger partial charge in [-0.3, -0.25) is 9.69 Å². The maximum absolute atomic E-state index is 12.5. The van der Waals surface area contributed by atoms with Crippen molar-refractivity contribution in [1.29, 1.82) is 0 Å². The van der Waals surface area contributed by atoms with Crippen LogP contribution in [0.4, 0.5) is 0 Å². The number of hydrogen-bond donors (Lipinski definition) is 0. The van der Waals surface area contributed by atoms with Gasteiger partial charge in [0.15, 0.2) is 5.78 Å². The number of carbonyl (C=O) groups excluding carboxylic acids is 1. The molecule has 1 fully saturated rings. The molecule has 110 valence electrons. The van der Waals surface area contributed by atoms with Crippen LogP contribution >= 0.6 is 0 Å². The Morgan fingerprint density at radius 1 is 1.24 bits per heavy atom. The highest BCUT2D eigenvalue weighted by atomic mass is 16.3. The molecule has 1 aromatic heterocycles. The fourth-order valence-electron chi connectivity index (χ4n) is 2.71. The van der Waals surface area contributed by atoms with E-state index in [0.29, 0.717) is 6.04 Å². The van der Waals surface area contributed by atoms with Gasteiger partial charge in [0.2, 0.25) is 0 Å². The molecule has 1 heterocycles. The molecular weight excluding hydrogens is 262 g/mol. The van der Waals surface area contributed by atoms with E-state index in [1.807, 2.05) is 49.4 Å². The van der Waals surface area contributed by atoms with Crippen LogP contribution in [0.15, 0.2) is 53.1 Å². The van der Waals surface area contributed by atoms with Crippen molar-refractivity contribution in [2.24, 2.45) is 5.92 Å². The molecule has 2 aromatic rings. The van der Waals surface area contributed by atoms with Gasteiger partial charge in [-0.1, -0.05) is 37.3 Å². The summed E-state index contributed by atoms with van der Waals surface area (Å²) in [5.41, 5.74) is 0.804. The Morgan fingerprint density at radius 2 is 2.00 bits per heavy atom. The molecule has 21 heavy (non-hydrogen) atoms. The fraction of sp³-hybridized carbons (Fsp3) is 0.389. The van der Waals surface area contributed by atoms with Gasteiger partial charge in [0.1, 0.15) is 5.76 Å². The van der Waals surface area contributed by atoms with E-state index in [-0.39, 0.29) is 11.7 Å². The van der Waals surface area contributed by atoms with E-state index in [2.05, 4.69) is 4.90 Å². The average Bonchev–Trinajstić information content (AvgIpc) is 3.24. The van der Waals surface area contributed by atoms with Crippen molar-refractivity contribution in [3.8, 4) is 0 Å². The minimum atomic E-state index is 0.00274. The molecule has 1 unspecified atom stereocenters. The minimum Gasteiger partial charge on any atom is -0.468 e. The Kier molecular flexibility index (Phi) is 4.20. The van der Waals surface area contributed by atoms with Crippen LogP contribution in [0.2, 0.25) is 0 Å². The highest BCUT2D eigenvalue weighted by molar-refractivity contribution is 5.97. The molecule has 1 aliphatic rings. The summed E-state index contributed by atoms with van der Waals surface area (Å²) in [6, 6.07) is 14.1. The van der Waals surface area contributed by atoms with Crippen LogP contribution < -0.4 is 0 Å². The molecule has 0 N–H and O–H groups in total. The lowest BCUT2D eigenvalue weighted by Gasteiger charge is -2.24. The van der Waals surface area contributed by atoms with Crippen molar-refractivity contribution >= 4 is 5.78 Å². The van der Waals surface area contributed by atoms with Gasteiger partial charge in [-0.05, 0) is 25.0 Å². The Morgan fingerprint density at radius 3 is 2.62 bits per heavy atom. The Labute approximate surface area is 125 Å². The number of Topliss-reactive ketones (excluding diaryl/α,β-unsaturated/α-hetero) is 1. The number of nitrogens with zero attached hydrogens (tertiary/aromatic N) is 1. The van der Waals surface area contributed by atoms with Crippen molar-refractivity contribution in [3.05, 3.63) is 60.1 Å². The molecule has 0 saturated heterocycles. The van der Waals surface area contributed by atoms with Crippen LogP contribution in [0.3, 0.4) is 0 Å². The third-order valence-electron chi connectivity index (χ3n) is 4.02. The molecule has 0 bridgehead atoms. The zero-order valence-corrected chi connectivity index (χ0v) is 12.4. The SMILES string of the molecule is CC(CN(Cc1ccco1)C1CC1)C(=O)c1ccccc1. The van der Waals surface area contributed by atoms with Gasteiger partial charge in [-0.25, -0.2) is 0 Å². The van der Waals surface area contributed by atoms with E-state index < -0.39 is 0 Å². The van der Waals surface area contributed by atoms with Crippen molar-refractivity contribution in [1.82, 2.24) is 4.90 Å². The number of benzene rings is 1. The Balaban J connectivity index is 1.64. The van der Waals surface area contributed by atoms with Gasteiger partial charge in [0.25, 0.3) is 0 Å². The van der Waals surface area contributed by atoms with E-state index in [4.69, 9.17) is 4.42 Å². The minimum absolute atomic E-state index is 0.00274. The molecule has 0 radical (unpaired) electrons. The second-order valence-corrected chi connectivity index (χ2v) is 5.87. The Hall–Kier alpha value is -1.87. The van der Waals surface area contributed by atoms with Crippen molar-refractivity contribution < 1.29 is 9.21 Å². The molecule has 3 nitrogen and oxygen atoms in total. The first kappa shape index (κ1) is 14.1. The quantitative estimate of drug-likeness (QED) is 0.725. The summed E-state index contributed by atoms with van der Waals surface area (Å²) >= 11 is 0. The van der Waals surface area contributed by atoms with Gasteiger partial charge in [0.05, 0.1) is 12.8 Å². The van der Waals surface area contributed by atoms with Gasteiger partial charge >= 0.3 is 0 Å². The van der Waals surface area contributed by atoms with Gasteiger partial charge in [0, 0.05) is 24.1 Å². The van der Waals surface area contributed by atoms with E-state index >= 15 is 0 Å². The molecule has 1 atom stereocenters. The van der Waals surface area contributed by atoms with Gasteiger partial charge < -0.3 is 4.42 Å². The van der Waals surface area contributed by atoms with Crippen LogP contribution in [0.1, 0.15) is 35.9 Å². The van der Waals surface area contributed by atoms with Crippen molar-refractivity contribution in [2.75, 3.05) is 6.54 Å². The number of rotatable bonds is 7. The second-order valence-electron chi connectivity index (χ2n) is 5.87. The summed E-state index contributed by atoms with van der Waals surface area (Å²) in [5.74, 6) is 1.20. The first-order chi connectivity index (χ1) is 10.2. The molecule has 0 aliphatic heterocycles. The second kappa shape index (κ2) is 6.27. The van der Waals surface area contributed by atoms with E-state index in [0.717, 1.165) is 24.4 Å². The summed E-state index contributed by atoms with van der Waals surface area (Å²) in [5, 5.41) is 0. The predicted octanol–water partition coefficient (Wildman–Crippen LogP) is 3.76. The number of ketones is 1. The summed E-state index contributed by atoms with van der Waals surface area (Å²) in [4.78, 5) is 14.9. The normalized spacial score (nSPS) is 16.1. The maximum atomic E-state index is 12.5. The molecule has 0 spiro atoms. The number of carbonyl (C=O) groups is 1. The smallest absolute Gasteiger partial charge is 0.166 e. The van der Waals surface area contributed by atoms with E-state index in [1.165, 1.54) is 12.8 Å². The van der Waals surface area contributed by atoms with E-state index in [9.17, 15) is 4.79 Å². The highest BCUT2D eigenvalue weighted by Gasteiger charge is 2.31. The lowest BCUT2D eigenvalue weighted by atomic mass is 9.99. The monoisotopic (exact) mass is 283 g/mol. The van der Waals surface area contributed by atoms with Crippen LogP contribution in [0.25, 0.3) is 0 Å². The van der Waals surface area contributed by atoms with Crippen molar-refractivity contribution in [3.63, 3.8) is 0 Å². The van der Waals surface area contributed by atoms with Crippen LogP contribution in [-0.4, -0.2) is 23.3 Å². The molecule has 1 aliphatic carbocycles. The highest BCUT2D eigenvalue weighted by Crippen LogP contribution is 2.29. The maximum Gasteiger partial charge on any atom is 0.166 e. The summed E-state index contributed by atoms with van der Waals surface area (Å²) in [6.07, 6.45) is 4.17. The van der Waals surface area contributed by atoms with Crippen LogP contribution in [-0.2, 0) is 6.54 Å². The fourth-order valence-corrected chi connectivity index (χ4v) is 2.71. The number of furan rings is 1. The summed E-state index contributed by atoms with van der Waals surface area (Å²) < 4.78 is 5.44. The number of hydrogen-bond acceptors (Lipinski definition) is 3. The summed E-state index contributed by atoms with van der Waals surface area (Å²) in [7, 11) is 0. The third kappa shape index (κ3) is 3.61. The molecule has 1 saturated carbocycles. The third-order valence-corrected chi connectivity index (χ3v) is 4.02. The largest absolute Gasteiger partial charge is 0.468 e. The summed E-state index contributed by atoms with van der Waals surface area (Å²) in [6.45, 7) is 3.61. The Bertz CT molecular complexity index is 573. The molecular formula is C18H21NO2. The molecule has 0 amide bonds. The molecule has 1 aromatic carbocycles. The lowest BCUT2D eigenvalue weighted by molar-refractivity contribution is 0.0881. The van der Waals surface area contributed by atoms with Crippen LogP contribution in [0, 0.1) is 5.92 Å². The zero-order chi connectivity index (χ0) is 14.7. The van der Waals surface area contributed by atoms with Crippen LogP contribution in [0.5, 0.6) is 0 Å². The zero-order valence-electron chi connectivity index (χ0n) is 12.4. The first-order valence-corrected chi connectivity index (χ1v) is 7.59. The van der Waals surface area contributed by atoms with Gasteiger partial charge in [-0.15, -0.1) is 0 Å². The topological polar surface area (TPSA) is 33.5 Å². The lowest BCUT2D eigenvalue weighted by Crippen LogP contribution is -2.33. The average molecular weight is 283 g/mol. The van der Waals surface area contributed by atoms with Crippen molar-refractivity contribution in [2.45, 2.75) is 32.4 Å². The first-order valence-electron chi connectivity index (χ1n) is 7.59. The standard InChI is InChI=1S/C18H21NO2/c1-14(18(20)15-6-3-2-4-7-15)12-19(16-9-10-16)13-17-8-5-11-21-17/h2-8,11,14,16H,9-10,12-13H2,1H3. The van der Waals surface area contributed by atoms with Gasteiger partial charge in [-0.2, -0.15) is 0 Å².